The molecule has 1 fully saturated rings. The zero-order valence-corrected chi connectivity index (χ0v) is 14.2. The molecule has 0 radical (unpaired) electrons. The first-order valence-electron chi connectivity index (χ1n) is 7.63. The smallest absolute Gasteiger partial charge is 0.253 e. The van der Waals surface area contributed by atoms with Crippen molar-refractivity contribution in [3.8, 4) is 0 Å². The van der Waals surface area contributed by atoms with E-state index in [1.54, 1.807) is 19.2 Å². The first-order chi connectivity index (χ1) is 10.8. The minimum atomic E-state index is -3.02. The van der Waals surface area contributed by atoms with Gasteiger partial charge in [0.05, 0.1) is 29.0 Å². The molecular formula is C15H20N4O3S. The monoisotopic (exact) mass is 336 g/mol. The van der Waals surface area contributed by atoms with Gasteiger partial charge in [-0.05, 0) is 33.3 Å². The number of nitrogens with zero attached hydrogens (tertiary/aromatic N) is 3. The molecule has 3 rings (SSSR count). The maximum absolute atomic E-state index is 12.4. The fourth-order valence-electron chi connectivity index (χ4n) is 2.85. The van der Waals surface area contributed by atoms with Crippen molar-refractivity contribution in [3.05, 3.63) is 23.5 Å². The molecule has 8 heteroatoms. The van der Waals surface area contributed by atoms with E-state index in [2.05, 4.69) is 15.4 Å². The van der Waals surface area contributed by atoms with Crippen molar-refractivity contribution < 1.29 is 13.2 Å². The van der Waals surface area contributed by atoms with Gasteiger partial charge in [0.2, 0.25) is 0 Å². The van der Waals surface area contributed by atoms with Crippen molar-refractivity contribution >= 4 is 26.8 Å². The summed E-state index contributed by atoms with van der Waals surface area (Å²) in [6.07, 6.45) is 2.16. The van der Waals surface area contributed by atoms with E-state index in [0.29, 0.717) is 17.7 Å². The van der Waals surface area contributed by atoms with Gasteiger partial charge in [-0.15, -0.1) is 0 Å². The standard InChI is InChI=1S/C15H20N4O3S/c1-9(2)19-14-11(7-16-19)6-13(10(3)17-14)15(20)18-12-4-5-23(21,22)8-12/h6-7,9,12H,4-5,8H2,1-3H3,(H,18,20). The van der Waals surface area contributed by atoms with E-state index in [-0.39, 0.29) is 29.5 Å². The number of sulfone groups is 1. The van der Waals surface area contributed by atoms with Gasteiger partial charge in [-0.3, -0.25) is 4.79 Å². The third-order valence-electron chi connectivity index (χ3n) is 4.06. The number of hydrogen-bond acceptors (Lipinski definition) is 5. The van der Waals surface area contributed by atoms with Crippen LogP contribution in [0.25, 0.3) is 11.0 Å². The fourth-order valence-corrected chi connectivity index (χ4v) is 4.52. The summed E-state index contributed by atoms with van der Waals surface area (Å²) in [6.45, 7) is 5.81. The van der Waals surface area contributed by atoms with E-state index in [4.69, 9.17) is 0 Å². The highest BCUT2D eigenvalue weighted by Gasteiger charge is 2.29. The molecule has 0 aromatic carbocycles. The summed E-state index contributed by atoms with van der Waals surface area (Å²) in [7, 11) is -3.02. The van der Waals surface area contributed by atoms with E-state index in [9.17, 15) is 13.2 Å². The maximum Gasteiger partial charge on any atom is 0.253 e. The second kappa shape index (κ2) is 5.59. The normalized spacial score (nSPS) is 20.3. The first kappa shape index (κ1) is 15.9. The largest absolute Gasteiger partial charge is 0.348 e. The highest BCUT2D eigenvalue weighted by molar-refractivity contribution is 7.91. The zero-order chi connectivity index (χ0) is 16.8. The molecule has 1 saturated heterocycles. The maximum atomic E-state index is 12.4. The molecule has 0 spiro atoms. The molecule has 124 valence electrons. The van der Waals surface area contributed by atoms with Crippen LogP contribution < -0.4 is 5.32 Å². The Labute approximate surface area is 135 Å². The van der Waals surface area contributed by atoms with E-state index in [1.807, 2.05) is 18.5 Å². The summed E-state index contributed by atoms with van der Waals surface area (Å²) in [6, 6.07) is 1.63. The Morgan fingerprint density at radius 3 is 2.78 bits per heavy atom. The molecule has 2 aromatic heterocycles. The fraction of sp³-hybridized carbons (Fsp3) is 0.533. The van der Waals surface area contributed by atoms with E-state index in [1.165, 1.54) is 0 Å². The summed E-state index contributed by atoms with van der Waals surface area (Å²) < 4.78 is 24.8. The quantitative estimate of drug-likeness (QED) is 0.910. The summed E-state index contributed by atoms with van der Waals surface area (Å²) in [5.74, 6) is -0.134. The van der Waals surface area contributed by atoms with Gasteiger partial charge in [0.15, 0.2) is 15.5 Å². The van der Waals surface area contributed by atoms with Crippen LogP contribution in [-0.2, 0) is 9.84 Å². The van der Waals surface area contributed by atoms with Crippen LogP contribution in [0.15, 0.2) is 12.3 Å². The molecule has 1 N–H and O–H groups in total. The molecule has 1 aliphatic rings. The van der Waals surface area contributed by atoms with Crippen LogP contribution >= 0.6 is 0 Å². The molecular weight excluding hydrogens is 316 g/mol. The lowest BCUT2D eigenvalue weighted by Crippen LogP contribution is -2.36. The minimum Gasteiger partial charge on any atom is -0.348 e. The van der Waals surface area contributed by atoms with Crippen LogP contribution in [0.1, 0.15) is 42.4 Å². The number of amides is 1. The molecule has 7 nitrogen and oxygen atoms in total. The minimum absolute atomic E-state index is 0.0126. The lowest BCUT2D eigenvalue weighted by Gasteiger charge is -2.13. The molecule has 0 bridgehead atoms. The Morgan fingerprint density at radius 1 is 1.43 bits per heavy atom. The Bertz CT molecular complexity index is 870. The number of carbonyl (C=O) groups is 1. The lowest BCUT2D eigenvalue weighted by molar-refractivity contribution is 0.0940. The Morgan fingerprint density at radius 2 is 2.17 bits per heavy atom. The number of nitrogens with one attached hydrogen (secondary N) is 1. The third kappa shape index (κ3) is 3.08. The van der Waals surface area contributed by atoms with Crippen LogP contribution in [0.4, 0.5) is 0 Å². The molecule has 23 heavy (non-hydrogen) atoms. The van der Waals surface area contributed by atoms with Crippen molar-refractivity contribution in [2.45, 2.75) is 39.3 Å². The van der Waals surface area contributed by atoms with Gasteiger partial charge < -0.3 is 5.32 Å². The van der Waals surface area contributed by atoms with Gasteiger partial charge in [0, 0.05) is 17.5 Å². The van der Waals surface area contributed by atoms with Crippen LogP contribution in [0, 0.1) is 6.92 Å². The van der Waals surface area contributed by atoms with E-state index < -0.39 is 9.84 Å². The molecule has 0 saturated carbocycles. The summed E-state index contributed by atoms with van der Waals surface area (Å²) in [5.41, 5.74) is 1.82. The Hall–Kier alpha value is -1.96. The number of carbonyl (C=O) groups excluding carboxylic acids is 1. The highest BCUT2D eigenvalue weighted by atomic mass is 32.2. The Kier molecular flexibility index (Phi) is 3.87. The van der Waals surface area contributed by atoms with Gasteiger partial charge >= 0.3 is 0 Å². The average Bonchev–Trinajstić information content (AvgIpc) is 3.00. The number of aromatic nitrogens is 3. The molecule has 1 aliphatic heterocycles. The van der Waals surface area contributed by atoms with Crippen LogP contribution in [0.5, 0.6) is 0 Å². The van der Waals surface area contributed by atoms with Crippen molar-refractivity contribution in [2.24, 2.45) is 0 Å². The van der Waals surface area contributed by atoms with E-state index in [0.717, 1.165) is 11.0 Å². The van der Waals surface area contributed by atoms with Gasteiger partial charge in [0.1, 0.15) is 0 Å². The number of aryl methyl sites for hydroxylation is 1. The molecule has 1 amide bonds. The lowest BCUT2D eigenvalue weighted by atomic mass is 10.1. The first-order valence-corrected chi connectivity index (χ1v) is 9.45. The zero-order valence-electron chi connectivity index (χ0n) is 13.4. The van der Waals surface area contributed by atoms with Crippen LogP contribution in [0.2, 0.25) is 0 Å². The molecule has 0 aliphatic carbocycles. The van der Waals surface area contributed by atoms with Gasteiger partial charge in [-0.25, -0.2) is 18.1 Å². The third-order valence-corrected chi connectivity index (χ3v) is 5.83. The van der Waals surface area contributed by atoms with Gasteiger partial charge in [0.25, 0.3) is 5.91 Å². The number of hydrogen-bond donors (Lipinski definition) is 1. The topological polar surface area (TPSA) is 93.9 Å². The van der Waals surface area contributed by atoms with Crippen LogP contribution in [0.3, 0.4) is 0 Å². The van der Waals surface area contributed by atoms with E-state index >= 15 is 0 Å². The number of fused-ring (bicyclic) bond motifs is 1. The summed E-state index contributed by atoms with van der Waals surface area (Å²) >= 11 is 0. The average molecular weight is 336 g/mol. The predicted octanol–water partition coefficient (Wildman–Crippen LogP) is 1.24. The summed E-state index contributed by atoms with van der Waals surface area (Å²) in [5, 5.41) is 7.90. The Balaban J connectivity index is 1.88. The molecule has 2 aromatic rings. The molecule has 1 atom stereocenters. The van der Waals surface area contributed by atoms with Gasteiger partial charge in [-0.2, -0.15) is 5.10 Å². The number of pyridine rings is 1. The summed E-state index contributed by atoms with van der Waals surface area (Å²) in [4.78, 5) is 16.9. The molecule has 3 heterocycles. The van der Waals surface area contributed by atoms with Gasteiger partial charge in [-0.1, -0.05) is 0 Å². The SMILES string of the molecule is Cc1nc2c(cnn2C(C)C)cc1C(=O)NC1CCS(=O)(=O)C1. The van der Waals surface area contributed by atoms with Crippen LogP contribution in [-0.4, -0.2) is 46.6 Å². The second-order valence-electron chi connectivity index (χ2n) is 6.29. The van der Waals surface area contributed by atoms with Crippen molar-refractivity contribution in [1.82, 2.24) is 20.1 Å². The van der Waals surface area contributed by atoms with Crippen molar-refractivity contribution in [1.29, 1.82) is 0 Å². The second-order valence-corrected chi connectivity index (χ2v) is 8.52. The van der Waals surface area contributed by atoms with Crippen molar-refractivity contribution in [2.75, 3.05) is 11.5 Å². The predicted molar refractivity (Wildman–Crippen MR) is 87.2 cm³/mol. The molecule has 1 unspecified atom stereocenters. The van der Waals surface area contributed by atoms with Crippen molar-refractivity contribution in [3.63, 3.8) is 0 Å². The highest BCUT2D eigenvalue weighted by Crippen LogP contribution is 2.20. The number of rotatable bonds is 3.